The van der Waals surface area contributed by atoms with E-state index in [4.69, 9.17) is 4.74 Å². The Balaban J connectivity index is 1.66. The van der Waals surface area contributed by atoms with Gasteiger partial charge >= 0.3 is 5.97 Å². The van der Waals surface area contributed by atoms with E-state index in [-0.39, 0.29) is 12.1 Å². The maximum Gasteiger partial charge on any atom is 0.338 e. The second-order valence-corrected chi connectivity index (χ2v) is 4.88. The highest BCUT2D eigenvalue weighted by atomic mass is 16.5. The van der Waals surface area contributed by atoms with Gasteiger partial charge in [-0.1, -0.05) is 30.4 Å². The van der Waals surface area contributed by atoms with Crippen molar-refractivity contribution in [2.45, 2.75) is 25.4 Å². The van der Waals surface area contributed by atoms with Crippen LogP contribution < -0.4 is 0 Å². The summed E-state index contributed by atoms with van der Waals surface area (Å²) in [6, 6.07) is 9.25. The summed E-state index contributed by atoms with van der Waals surface area (Å²) in [5.41, 5.74) is 0.655. The van der Waals surface area contributed by atoms with Crippen molar-refractivity contribution in [3.63, 3.8) is 0 Å². The highest BCUT2D eigenvalue weighted by Gasteiger charge is 2.38. The molecule has 0 saturated heterocycles. The highest BCUT2D eigenvalue weighted by Crippen LogP contribution is 2.41. The van der Waals surface area contributed by atoms with Crippen LogP contribution in [0.2, 0.25) is 0 Å². The Labute approximate surface area is 101 Å². The molecule has 1 aromatic rings. The van der Waals surface area contributed by atoms with Gasteiger partial charge in [0.25, 0.3) is 0 Å². The Morgan fingerprint density at radius 2 is 2.00 bits per heavy atom. The second kappa shape index (κ2) is 4.36. The number of esters is 1. The molecule has 88 valence electrons. The van der Waals surface area contributed by atoms with Crippen molar-refractivity contribution < 1.29 is 9.53 Å². The number of benzene rings is 1. The topological polar surface area (TPSA) is 26.3 Å². The van der Waals surface area contributed by atoms with Crippen LogP contribution in [-0.2, 0) is 4.74 Å². The number of hydrogen-bond donors (Lipinski definition) is 0. The number of rotatable bonds is 2. The largest absolute Gasteiger partial charge is 0.458 e. The average molecular weight is 228 g/mol. The van der Waals surface area contributed by atoms with E-state index >= 15 is 0 Å². The van der Waals surface area contributed by atoms with Gasteiger partial charge in [0.2, 0.25) is 0 Å². The van der Waals surface area contributed by atoms with E-state index in [1.807, 2.05) is 30.3 Å². The van der Waals surface area contributed by atoms with Crippen LogP contribution in [0, 0.1) is 11.8 Å². The zero-order chi connectivity index (χ0) is 11.7. The lowest BCUT2D eigenvalue weighted by Gasteiger charge is -2.19. The van der Waals surface area contributed by atoms with Crippen molar-refractivity contribution in [3.05, 3.63) is 48.0 Å². The van der Waals surface area contributed by atoms with Gasteiger partial charge in [-0.25, -0.2) is 4.79 Å². The molecule has 1 saturated carbocycles. The first-order valence-electron chi connectivity index (χ1n) is 6.27. The molecule has 2 heteroatoms. The van der Waals surface area contributed by atoms with E-state index in [2.05, 4.69) is 12.2 Å². The van der Waals surface area contributed by atoms with Crippen LogP contribution in [0.3, 0.4) is 0 Å². The summed E-state index contributed by atoms with van der Waals surface area (Å²) in [4.78, 5) is 11.9. The number of carbonyl (C=O) groups excluding carboxylic acids is 1. The van der Waals surface area contributed by atoms with Crippen LogP contribution in [-0.4, -0.2) is 12.1 Å². The third kappa shape index (κ3) is 1.99. The molecule has 0 heterocycles. The van der Waals surface area contributed by atoms with Gasteiger partial charge in [0.05, 0.1) is 5.56 Å². The fourth-order valence-corrected chi connectivity index (χ4v) is 2.96. The van der Waals surface area contributed by atoms with E-state index < -0.39 is 0 Å². The number of fused-ring (bicyclic) bond motifs is 1. The summed E-state index contributed by atoms with van der Waals surface area (Å²) in [5.74, 6) is 0.995. The van der Waals surface area contributed by atoms with Crippen molar-refractivity contribution >= 4 is 5.97 Å². The first-order chi connectivity index (χ1) is 8.34. The number of carbonyl (C=O) groups is 1. The molecule has 0 amide bonds. The lowest BCUT2D eigenvalue weighted by atomic mass is 9.98. The van der Waals surface area contributed by atoms with Crippen LogP contribution in [0.15, 0.2) is 42.5 Å². The molecular weight excluding hydrogens is 212 g/mol. The monoisotopic (exact) mass is 228 g/mol. The molecule has 0 unspecified atom stereocenters. The molecule has 0 spiro atoms. The van der Waals surface area contributed by atoms with Crippen LogP contribution in [0.25, 0.3) is 0 Å². The van der Waals surface area contributed by atoms with Crippen molar-refractivity contribution in [1.82, 2.24) is 0 Å². The second-order valence-electron chi connectivity index (χ2n) is 4.88. The quantitative estimate of drug-likeness (QED) is 0.574. The molecule has 0 bridgehead atoms. The van der Waals surface area contributed by atoms with Gasteiger partial charge in [-0.05, 0) is 37.3 Å². The fraction of sp³-hybridized carbons (Fsp3) is 0.400. The summed E-state index contributed by atoms with van der Waals surface area (Å²) in [7, 11) is 0. The molecule has 0 N–H and O–H groups in total. The van der Waals surface area contributed by atoms with E-state index in [0.717, 1.165) is 19.3 Å². The van der Waals surface area contributed by atoms with E-state index in [1.54, 1.807) is 0 Å². The molecule has 2 aliphatic rings. The molecule has 2 aliphatic carbocycles. The molecule has 3 atom stereocenters. The van der Waals surface area contributed by atoms with Crippen LogP contribution in [0.5, 0.6) is 0 Å². The first kappa shape index (κ1) is 10.6. The molecule has 1 fully saturated rings. The fourth-order valence-electron chi connectivity index (χ4n) is 2.96. The van der Waals surface area contributed by atoms with Crippen molar-refractivity contribution in [2.24, 2.45) is 11.8 Å². The van der Waals surface area contributed by atoms with Crippen LogP contribution >= 0.6 is 0 Å². The van der Waals surface area contributed by atoms with Crippen molar-refractivity contribution in [3.8, 4) is 0 Å². The third-order valence-corrected chi connectivity index (χ3v) is 3.87. The first-order valence-corrected chi connectivity index (χ1v) is 6.27. The minimum Gasteiger partial charge on any atom is -0.458 e. The van der Waals surface area contributed by atoms with Crippen LogP contribution in [0.1, 0.15) is 29.6 Å². The van der Waals surface area contributed by atoms with Crippen molar-refractivity contribution in [1.29, 1.82) is 0 Å². The Kier molecular flexibility index (Phi) is 2.71. The van der Waals surface area contributed by atoms with E-state index in [1.165, 1.54) is 0 Å². The van der Waals surface area contributed by atoms with Gasteiger partial charge in [-0.15, -0.1) is 0 Å². The Hall–Kier alpha value is -1.57. The van der Waals surface area contributed by atoms with E-state index in [0.29, 0.717) is 17.4 Å². The lowest BCUT2D eigenvalue weighted by Crippen LogP contribution is -2.23. The normalized spacial score (nSPS) is 30.2. The van der Waals surface area contributed by atoms with Crippen molar-refractivity contribution in [2.75, 3.05) is 0 Å². The Morgan fingerprint density at radius 3 is 2.82 bits per heavy atom. The van der Waals surface area contributed by atoms with Gasteiger partial charge in [-0.3, -0.25) is 0 Å². The zero-order valence-electron chi connectivity index (χ0n) is 9.71. The highest BCUT2D eigenvalue weighted by molar-refractivity contribution is 5.89. The Morgan fingerprint density at radius 1 is 1.18 bits per heavy atom. The molecule has 17 heavy (non-hydrogen) atoms. The summed E-state index contributed by atoms with van der Waals surface area (Å²) >= 11 is 0. The molecule has 1 aromatic carbocycles. The molecule has 0 aliphatic heterocycles. The summed E-state index contributed by atoms with van der Waals surface area (Å²) < 4.78 is 5.63. The summed E-state index contributed by atoms with van der Waals surface area (Å²) in [5, 5.41) is 0. The van der Waals surface area contributed by atoms with Gasteiger partial charge in [0, 0.05) is 5.92 Å². The molecule has 0 radical (unpaired) electrons. The summed E-state index contributed by atoms with van der Waals surface area (Å²) in [6.07, 6.45) is 7.85. The average Bonchev–Trinajstić information content (AvgIpc) is 2.95. The molecule has 0 aromatic heterocycles. The predicted molar refractivity (Wildman–Crippen MR) is 65.6 cm³/mol. The smallest absolute Gasteiger partial charge is 0.338 e. The Bertz CT molecular complexity index is 435. The molecule has 3 rings (SSSR count). The maximum absolute atomic E-state index is 11.9. The number of hydrogen-bond acceptors (Lipinski definition) is 2. The predicted octanol–water partition coefficient (Wildman–Crippen LogP) is 3.20. The summed E-state index contributed by atoms with van der Waals surface area (Å²) in [6.45, 7) is 0. The SMILES string of the molecule is O=C(O[C@H]1CC[C@H]2C=CC[C@H]21)c1ccccc1. The van der Waals surface area contributed by atoms with Crippen LogP contribution in [0.4, 0.5) is 0 Å². The van der Waals surface area contributed by atoms with Gasteiger partial charge in [0.15, 0.2) is 0 Å². The minimum atomic E-state index is -0.178. The maximum atomic E-state index is 11.9. The molecule has 2 nitrogen and oxygen atoms in total. The van der Waals surface area contributed by atoms with Gasteiger partial charge < -0.3 is 4.74 Å². The minimum absolute atomic E-state index is 0.114. The lowest BCUT2D eigenvalue weighted by molar-refractivity contribution is 0.0200. The van der Waals surface area contributed by atoms with E-state index in [9.17, 15) is 4.79 Å². The number of ether oxygens (including phenoxy) is 1. The zero-order valence-corrected chi connectivity index (χ0v) is 9.71. The standard InChI is InChI=1S/C15H16O2/c16-15(12-5-2-1-3-6-12)17-14-10-9-11-7-4-8-13(11)14/h1-7,11,13-14H,8-10H2/t11-,13-,14+/m1/s1. The third-order valence-electron chi connectivity index (χ3n) is 3.87. The van der Waals surface area contributed by atoms with Gasteiger partial charge in [0.1, 0.15) is 6.10 Å². The van der Waals surface area contributed by atoms with Gasteiger partial charge in [-0.2, -0.15) is 0 Å². The molecular formula is C15H16O2. The number of allylic oxidation sites excluding steroid dienone is 2.